The molecule has 0 aromatic carbocycles. The largest absolute Gasteiger partial charge is 0.478 e. The van der Waals surface area contributed by atoms with Gasteiger partial charge in [0.15, 0.2) is 5.13 Å². The van der Waals surface area contributed by atoms with E-state index in [0.717, 1.165) is 29.3 Å². The van der Waals surface area contributed by atoms with Crippen LogP contribution in [0.15, 0.2) is 27.6 Å². The lowest BCUT2D eigenvalue weighted by Crippen LogP contribution is -2.71. The number of nitrogens with zero attached hydrogens (tertiary/aromatic N) is 6. The van der Waals surface area contributed by atoms with Crippen molar-refractivity contribution in [3.63, 3.8) is 0 Å². The van der Waals surface area contributed by atoms with Gasteiger partial charge in [-0.25, -0.2) is 14.2 Å². The first-order valence-corrected chi connectivity index (χ1v) is 15.9. The molecule has 4 heterocycles. The third kappa shape index (κ3) is 6.81. The van der Waals surface area contributed by atoms with E-state index in [1.54, 1.807) is 6.07 Å². The lowest BCUT2D eigenvalue weighted by molar-refractivity contribution is -0.723. The van der Waals surface area contributed by atoms with E-state index >= 15 is 0 Å². The standard InChI is InChI=1S/C24H30N10O7S3/c1-4-5-6-33-12(26)7-11(25)28-23(33)43-9-10-8-42-19-14(18(36)34(19)15(10)20(37)38)29-17(35)13(16-30-22(27)44-32-16)31-41-24(2,3)21(39)40/h7,14,19H,4-6,8-9H2,1-3H3,(H8,25,26,27,29,30,32,35,37,38,39,40)/p+1/b31-13-/t14?,19-/m0/s1. The van der Waals surface area contributed by atoms with Gasteiger partial charge in [-0.1, -0.05) is 23.5 Å². The van der Waals surface area contributed by atoms with Crippen LogP contribution in [0.25, 0.3) is 0 Å². The Hall–Kier alpha value is -4.17. The third-order valence-corrected chi connectivity index (χ3v) is 9.40. The van der Waals surface area contributed by atoms with Crippen molar-refractivity contribution in [3.8, 4) is 0 Å². The van der Waals surface area contributed by atoms with Crippen molar-refractivity contribution in [1.29, 1.82) is 0 Å². The summed E-state index contributed by atoms with van der Waals surface area (Å²) in [5.41, 5.74) is 15.7. The molecule has 17 nitrogen and oxygen atoms in total. The van der Waals surface area contributed by atoms with Gasteiger partial charge in [0.2, 0.25) is 28.8 Å². The van der Waals surface area contributed by atoms with E-state index in [0.29, 0.717) is 23.1 Å². The number of fused-ring (bicyclic) bond motifs is 1. The van der Waals surface area contributed by atoms with Crippen molar-refractivity contribution >= 4 is 81.3 Å². The van der Waals surface area contributed by atoms with Crippen molar-refractivity contribution in [1.82, 2.24) is 24.6 Å². The number of carbonyl (C=O) groups excluding carboxylic acids is 2. The monoisotopic (exact) mass is 667 g/mol. The van der Waals surface area contributed by atoms with E-state index in [2.05, 4.69) is 24.8 Å². The maximum absolute atomic E-state index is 13.2. The van der Waals surface area contributed by atoms with E-state index in [9.17, 15) is 29.4 Å². The second-order valence-electron chi connectivity index (χ2n) is 10.1. The van der Waals surface area contributed by atoms with E-state index in [1.807, 2.05) is 11.5 Å². The van der Waals surface area contributed by atoms with Crippen LogP contribution >= 0.6 is 35.1 Å². The second kappa shape index (κ2) is 13.2. The highest BCUT2D eigenvalue weighted by Crippen LogP contribution is 2.41. The number of unbranched alkanes of at least 4 members (excludes halogenated alkanes) is 1. The second-order valence-corrected chi connectivity index (χ2v) is 12.9. The highest BCUT2D eigenvalue weighted by atomic mass is 32.2. The van der Waals surface area contributed by atoms with Crippen LogP contribution in [0.3, 0.4) is 0 Å². The van der Waals surface area contributed by atoms with E-state index in [-0.39, 0.29) is 34.0 Å². The molecule has 20 heteroatoms. The molecule has 1 saturated heterocycles. The minimum atomic E-state index is -1.80. The molecule has 0 aliphatic carbocycles. The zero-order valence-corrected chi connectivity index (χ0v) is 26.3. The summed E-state index contributed by atoms with van der Waals surface area (Å²) in [5.74, 6) is -3.34. The molecule has 2 aliphatic heterocycles. The number of amides is 2. The van der Waals surface area contributed by atoms with Gasteiger partial charge in [0.25, 0.3) is 11.8 Å². The van der Waals surface area contributed by atoms with E-state index in [4.69, 9.17) is 22.0 Å². The normalized spacial score (nSPS) is 18.5. The molecule has 2 aliphatic rings. The first kappa shape index (κ1) is 32.7. The van der Waals surface area contributed by atoms with E-state index < -0.39 is 46.5 Å². The zero-order chi connectivity index (χ0) is 32.3. The highest BCUT2D eigenvalue weighted by molar-refractivity contribution is 8.01. The summed E-state index contributed by atoms with van der Waals surface area (Å²) in [7, 11) is 0. The Morgan fingerprint density at radius 3 is 2.61 bits per heavy atom. The van der Waals surface area contributed by atoms with Gasteiger partial charge in [0, 0.05) is 23.0 Å². The summed E-state index contributed by atoms with van der Waals surface area (Å²) in [5, 5.41) is 25.4. The van der Waals surface area contributed by atoms with Gasteiger partial charge in [-0.05, 0) is 37.6 Å². The Morgan fingerprint density at radius 2 is 2.00 bits per heavy atom. The van der Waals surface area contributed by atoms with Crippen molar-refractivity contribution in [2.75, 3.05) is 28.7 Å². The number of rotatable bonds is 13. The van der Waals surface area contributed by atoms with Gasteiger partial charge in [-0.15, -0.1) is 11.8 Å². The van der Waals surface area contributed by atoms with Crippen molar-refractivity contribution < 1.29 is 38.8 Å². The lowest BCUT2D eigenvalue weighted by atomic mass is 10.0. The Bertz CT molecular complexity index is 1560. The van der Waals surface area contributed by atoms with Gasteiger partial charge in [0.05, 0.1) is 12.6 Å². The Labute approximate surface area is 263 Å². The van der Waals surface area contributed by atoms with Gasteiger partial charge < -0.3 is 37.6 Å². The summed E-state index contributed by atoms with van der Waals surface area (Å²) in [6, 6.07) is 0.446. The number of carboxylic acid groups (broad SMARTS) is 2. The molecule has 1 unspecified atom stereocenters. The molecule has 2 atom stereocenters. The molecule has 2 aromatic rings. The van der Waals surface area contributed by atoms with Crippen LogP contribution in [0, 0.1) is 0 Å². The van der Waals surface area contributed by atoms with Gasteiger partial charge in [0.1, 0.15) is 17.1 Å². The fourth-order valence-corrected chi connectivity index (χ4v) is 7.04. The van der Waals surface area contributed by atoms with Crippen LogP contribution in [-0.2, 0) is 30.6 Å². The molecule has 1 fully saturated rings. The number of aromatic nitrogens is 4. The quantitative estimate of drug-likeness (QED) is 0.0406. The van der Waals surface area contributed by atoms with Gasteiger partial charge >= 0.3 is 17.1 Å². The Kier molecular flexibility index (Phi) is 9.84. The zero-order valence-electron chi connectivity index (χ0n) is 23.8. The number of hydrogen-bond acceptors (Lipinski definition) is 15. The molecule has 4 rings (SSSR count). The number of carboxylic acids is 2. The van der Waals surface area contributed by atoms with Crippen molar-refractivity contribution in [2.24, 2.45) is 5.16 Å². The number of carbonyl (C=O) groups is 4. The molecule has 0 bridgehead atoms. The van der Waals surface area contributed by atoms with Gasteiger partial charge in [-0.2, -0.15) is 9.36 Å². The van der Waals surface area contributed by atoms with Crippen molar-refractivity contribution in [3.05, 3.63) is 23.2 Å². The number of thioether (sulfide) groups is 2. The summed E-state index contributed by atoms with van der Waals surface area (Å²) >= 11 is 3.30. The third-order valence-electron chi connectivity index (χ3n) is 6.46. The molecule has 2 aromatic heterocycles. The Balaban J connectivity index is 1.53. The molecule has 44 heavy (non-hydrogen) atoms. The number of anilines is 3. The Morgan fingerprint density at radius 1 is 1.27 bits per heavy atom. The predicted molar refractivity (Wildman–Crippen MR) is 162 cm³/mol. The fourth-order valence-electron chi connectivity index (χ4n) is 4.06. The number of β-lactam (4-membered cyclic amide) rings is 1. The van der Waals surface area contributed by atoms with E-state index in [1.165, 1.54) is 37.4 Å². The lowest BCUT2D eigenvalue weighted by Gasteiger charge is -2.49. The number of nitrogen functional groups attached to an aromatic ring is 3. The maximum Gasteiger partial charge on any atom is 0.352 e. The molecular formula is C24H31N10O7S3+. The molecule has 9 N–H and O–H groups in total. The first-order valence-electron chi connectivity index (χ1n) is 13.1. The summed E-state index contributed by atoms with van der Waals surface area (Å²) in [4.78, 5) is 64.8. The van der Waals surface area contributed by atoms with Crippen LogP contribution in [0.5, 0.6) is 0 Å². The van der Waals surface area contributed by atoms with Gasteiger partial charge in [-0.3, -0.25) is 14.5 Å². The molecule has 0 spiro atoms. The average molecular weight is 668 g/mol. The smallest absolute Gasteiger partial charge is 0.352 e. The molecule has 236 valence electrons. The SMILES string of the molecule is CCCC[n+]1c(N)cc(N)nc1SCC1=C(C(=O)O)N2C(=O)C(NC(=O)/C(=N\OC(C)(C)C(=O)O)c3nsc(N)n3)[C@@H]2SC1. The topological polar surface area (TPSA) is 266 Å². The number of hydrogen-bond donors (Lipinski definition) is 6. The summed E-state index contributed by atoms with van der Waals surface area (Å²) < 4.78 is 5.75. The first-order chi connectivity index (χ1) is 20.7. The number of nitrogens with one attached hydrogen (secondary N) is 1. The molecule has 2 amide bonds. The maximum atomic E-state index is 13.2. The molecule has 0 saturated carbocycles. The molecular weight excluding hydrogens is 637 g/mol. The predicted octanol–water partition coefficient (Wildman–Crippen LogP) is -0.118. The number of nitrogens with two attached hydrogens (primary N) is 3. The number of aliphatic carboxylic acids is 2. The highest BCUT2D eigenvalue weighted by Gasteiger charge is 2.54. The fraction of sp³-hybridized carbons (Fsp3) is 0.458. The van der Waals surface area contributed by atoms with Crippen LogP contribution in [0.1, 0.15) is 39.4 Å². The average Bonchev–Trinajstić information content (AvgIpc) is 3.38. The van der Waals surface area contributed by atoms with Crippen LogP contribution in [0.4, 0.5) is 16.8 Å². The molecule has 0 radical (unpaired) electrons. The summed E-state index contributed by atoms with van der Waals surface area (Å²) in [6.07, 6.45) is 1.78. The minimum Gasteiger partial charge on any atom is -0.478 e. The van der Waals surface area contributed by atoms with Crippen LogP contribution in [0.2, 0.25) is 0 Å². The minimum absolute atomic E-state index is 0.0142. The van der Waals surface area contributed by atoms with Crippen LogP contribution < -0.4 is 27.1 Å². The summed E-state index contributed by atoms with van der Waals surface area (Å²) in [6.45, 7) is 5.10. The number of oxime groups is 1. The van der Waals surface area contributed by atoms with Crippen molar-refractivity contribution in [2.45, 2.75) is 62.3 Å². The van der Waals surface area contributed by atoms with Crippen LogP contribution in [-0.4, -0.2) is 87.4 Å².